The van der Waals surface area contributed by atoms with Crippen molar-refractivity contribution in [3.8, 4) is 6.01 Å². The standard InChI is InChI=1S/C8H12N4O4/c1-3-4(2)9-6-5(12(15)16)7(13)11-8(14)10-6/h4H,3H2,1-2H3,(H3,9,10,11,13,14). The first-order valence-electron chi connectivity index (χ1n) is 4.76. The molecule has 0 saturated heterocycles. The van der Waals surface area contributed by atoms with Crippen LogP contribution in [0.1, 0.15) is 20.3 Å². The Bertz CT molecular complexity index is 456. The van der Waals surface area contributed by atoms with E-state index in [9.17, 15) is 20.0 Å². The minimum atomic E-state index is -1.01. The lowest BCUT2D eigenvalue weighted by atomic mass is 10.2. The number of H-pyrrole nitrogens is 1. The molecule has 1 aromatic heterocycles. The molecule has 0 aromatic carbocycles. The van der Waals surface area contributed by atoms with E-state index in [0.717, 1.165) is 6.42 Å². The quantitative estimate of drug-likeness (QED) is 0.491. The predicted octanol–water partition coefficient (Wildman–Crippen LogP) is -1.25. The summed E-state index contributed by atoms with van der Waals surface area (Å²) in [5.41, 5.74) is -1.69. The van der Waals surface area contributed by atoms with Gasteiger partial charge in [0.05, 0.1) is 17.0 Å². The summed E-state index contributed by atoms with van der Waals surface area (Å²) in [6.45, 7) is 3.70. The van der Waals surface area contributed by atoms with Crippen molar-refractivity contribution < 1.29 is 15.3 Å². The summed E-state index contributed by atoms with van der Waals surface area (Å²) in [7, 11) is 0. The minimum absolute atomic E-state index is 0.00685. The average molecular weight is 228 g/mol. The molecule has 1 atom stereocenters. The lowest BCUT2D eigenvalue weighted by molar-refractivity contribution is -0.615. The van der Waals surface area contributed by atoms with E-state index in [1.807, 2.05) is 13.8 Å². The van der Waals surface area contributed by atoms with E-state index in [4.69, 9.17) is 0 Å². The molecule has 0 aliphatic rings. The normalized spacial score (nSPS) is 12.4. The molecule has 1 heterocycles. The highest BCUT2D eigenvalue weighted by Crippen LogP contribution is 2.11. The fraction of sp³-hybridized carbons (Fsp3) is 0.500. The summed E-state index contributed by atoms with van der Waals surface area (Å²) in [6, 6.07) is -0.863. The van der Waals surface area contributed by atoms with Gasteiger partial charge in [-0.3, -0.25) is 20.2 Å². The van der Waals surface area contributed by atoms with E-state index >= 15 is 0 Å². The van der Waals surface area contributed by atoms with E-state index in [0.29, 0.717) is 0 Å². The van der Waals surface area contributed by atoms with E-state index in [1.165, 1.54) is 5.32 Å². The molecule has 8 nitrogen and oxygen atoms in total. The molecule has 1 rings (SSSR count). The van der Waals surface area contributed by atoms with Gasteiger partial charge in [-0.2, -0.15) is 4.98 Å². The highest BCUT2D eigenvalue weighted by atomic mass is 16.6. The highest BCUT2D eigenvalue weighted by molar-refractivity contribution is 5.43. The Labute approximate surface area is 90.5 Å². The monoisotopic (exact) mass is 228 g/mol. The van der Waals surface area contributed by atoms with E-state index < -0.39 is 22.2 Å². The first-order valence-corrected chi connectivity index (χ1v) is 4.76. The summed E-state index contributed by atoms with van der Waals surface area (Å²) >= 11 is 0. The Balaban J connectivity index is 3.24. The summed E-state index contributed by atoms with van der Waals surface area (Å²) in [5.74, 6) is -0.159. The molecule has 0 bridgehead atoms. The third-order valence-corrected chi connectivity index (χ3v) is 2.17. The molecular weight excluding hydrogens is 216 g/mol. The second-order valence-corrected chi connectivity index (χ2v) is 3.41. The van der Waals surface area contributed by atoms with E-state index in [-0.39, 0.29) is 11.9 Å². The molecule has 8 heteroatoms. The number of hydrogen-bond acceptors (Lipinski definition) is 5. The lowest BCUT2D eigenvalue weighted by Crippen LogP contribution is -2.84. The second kappa shape index (κ2) is 4.71. The lowest BCUT2D eigenvalue weighted by Gasteiger charge is -2.08. The average Bonchev–Trinajstić information content (AvgIpc) is 2.15. The maximum atomic E-state index is 11.2. The highest BCUT2D eigenvalue weighted by Gasteiger charge is 2.25. The van der Waals surface area contributed by atoms with Crippen LogP contribution >= 0.6 is 0 Å². The zero-order valence-corrected chi connectivity index (χ0v) is 8.89. The van der Waals surface area contributed by atoms with Gasteiger partial charge in [-0.05, 0) is 13.3 Å². The number of nitrogens with two attached hydrogens (primary N) is 1. The van der Waals surface area contributed by atoms with E-state index in [1.54, 1.807) is 4.98 Å². The Morgan fingerprint density at radius 2 is 2.25 bits per heavy atom. The fourth-order valence-corrected chi connectivity index (χ4v) is 1.14. The van der Waals surface area contributed by atoms with Gasteiger partial charge in [-0.15, -0.1) is 0 Å². The van der Waals surface area contributed by atoms with E-state index in [2.05, 4.69) is 4.98 Å². The van der Waals surface area contributed by atoms with Crippen molar-refractivity contribution in [1.29, 1.82) is 0 Å². The Morgan fingerprint density at radius 3 is 2.75 bits per heavy atom. The van der Waals surface area contributed by atoms with Crippen molar-refractivity contribution in [1.82, 2.24) is 9.97 Å². The molecule has 16 heavy (non-hydrogen) atoms. The Hall–Kier alpha value is -1.96. The van der Waals surface area contributed by atoms with Crippen molar-refractivity contribution in [2.24, 2.45) is 0 Å². The number of nitrogens with zero attached hydrogens (tertiary/aromatic N) is 2. The number of quaternary nitrogens is 1. The summed E-state index contributed by atoms with van der Waals surface area (Å²) in [4.78, 5) is 26.2. The van der Waals surface area contributed by atoms with Crippen molar-refractivity contribution in [3.05, 3.63) is 20.5 Å². The maximum absolute atomic E-state index is 11.2. The third kappa shape index (κ3) is 2.54. The van der Waals surface area contributed by atoms with Crippen molar-refractivity contribution >= 4 is 11.5 Å². The molecule has 1 aromatic rings. The molecular formula is C8H12N4O4. The molecule has 0 spiro atoms. The molecule has 0 radical (unpaired) electrons. The number of aromatic amines is 1. The molecule has 1 unspecified atom stereocenters. The van der Waals surface area contributed by atoms with Crippen LogP contribution in [-0.4, -0.2) is 20.9 Å². The van der Waals surface area contributed by atoms with Crippen LogP contribution in [0.5, 0.6) is 6.01 Å². The summed E-state index contributed by atoms with van der Waals surface area (Å²) < 4.78 is 0. The Morgan fingerprint density at radius 1 is 1.62 bits per heavy atom. The Kier molecular flexibility index (Phi) is 3.56. The van der Waals surface area contributed by atoms with Crippen LogP contribution in [0.3, 0.4) is 0 Å². The van der Waals surface area contributed by atoms with Gasteiger partial charge in [0, 0.05) is 0 Å². The number of nitro groups is 1. The van der Waals surface area contributed by atoms with Crippen LogP contribution in [0.4, 0.5) is 11.5 Å². The number of rotatable bonds is 4. The number of aromatic nitrogens is 2. The van der Waals surface area contributed by atoms with Gasteiger partial charge >= 0.3 is 17.1 Å². The van der Waals surface area contributed by atoms with Crippen LogP contribution in [0.25, 0.3) is 0 Å². The van der Waals surface area contributed by atoms with Crippen molar-refractivity contribution in [2.45, 2.75) is 26.3 Å². The molecule has 0 aliphatic carbocycles. The van der Waals surface area contributed by atoms with Gasteiger partial charge in [0.2, 0.25) is 0 Å². The van der Waals surface area contributed by atoms with Crippen LogP contribution in [0, 0.1) is 10.1 Å². The topological polar surface area (TPSA) is 129 Å². The molecule has 3 N–H and O–H groups in total. The van der Waals surface area contributed by atoms with Crippen LogP contribution in [0.15, 0.2) is 4.79 Å². The van der Waals surface area contributed by atoms with Crippen molar-refractivity contribution in [3.63, 3.8) is 0 Å². The van der Waals surface area contributed by atoms with Crippen LogP contribution in [0.2, 0.25) is 0 Å². The van der Waals surface area contributed by atoms with Gasteiger partial charge in [-0.1, -0.05) is 6.92 Å². The molecule has 0 aliphatic heterocycles. The largest absolute Gasteiger partial charge is 0.846 e. The number of nitrogens with one attached hydrogen (secondary N) is 1. The van der Waals surface area contributed by atoms with Gasteiger partial charge < -0.3 is 10.1 Å². The predicted molar refractivity (Wildman–Crippen MR) is 52.3 cm³/mol. The van der Waals surface area contributed by atoms with Gasteiger partial charge in [-0.25, -0.2) is 0 Å². The van der Waals surface area contributed by atoms with Crippen LogP contribution < -0.4 is 16.0 Å². The minimum Gasteiger partial charge on any atom is -0.846 e. The molecule has 0 saturated carbocycles. The van der Waals surface area contributed by atoms with Crippen molar-refractivity contribution in [2.75, 3.05) is 0 Å². The fourth-order valence-electron chi connectivity index (χ4n) is 1.14. The molecule has 0 amide bonds. The zero-order chi connectivity index (χ0) is 12.3. The molecule has 0 fully saturated rings. The SMILES string of the molecule is CCC(C)[NH2+]c1nc([O-])[nH]c(=O)c1[N+](=O)[O-]. The number of hydrogen-bond donors (Lipinski definition) is 2. The third-order valence-electron chi connectivity index (χ3n) is 2.17. The first-order chi connectivity index (χ1) is 7.45. The van der Waals surface area contributed by atoms with Crippen LogP contribution in [-0.2, 0) is 0 Å². The smallest absolute Gasteiger partial charge is 0.413 e. The molecule has 88 valence electrons. The van der Waals surface area contributed by atoms with Gasteiger partial charge in [0.25, 0.3) is 0 Å². The van der Waals surface area contributed by atoms with Gasteiger partial charge in [0.15, 0.2) is 0 Å². The van der Waals surface area contributed by atoms with Gasteiger partial charge in [0.1, 0.15) is 0 Å². The summed E-state index contributed by atoms with van der Waals surface area (Å²) in [5, 5.41) is 23.0. The summed E-state index contributed by atoms with van der Waals surface area (Å²) in [6.07, 6.45) is 0.736. The second-order valence-electron chi connectivity index (χ2n) is 3.41. The maximum Gasteiger partial charge on any atom is 0.413 e. The zero-order valence-electron chi connectivity index (χ0n) is 8.89. The first kappa shape index (κ1) is 12.1.